The predicted molar refractivity (Wildman–Crippen MR) is 312 cm³/mol. The quantitative estimate of drug-likeness (QED) is 0.0377. The molecule has 5 heterocycles. The fraction of sp³-hybridized carbons (Fsp3) is 0.492. The Morgan fingerprint density at radius 2 is 1.35 bits per heavy atom. The molecule has 4 aliphatic heterocycles. The van der Waals surface area contributed by atoms with Crippen molar-refractivity contribution in [3.63, 3.8) is 0 Å². The zero-order valence-corrected chi connectivity index (χ0v) is 51.4. The van der Waals surface area contributed by atoms with Gasteiger partial charge in [0.25, 0.3) is 5.56 Å². The molecule has 3 fully saturated rings. The van der Waals surface area contributed by atoms with Crippen LogP contribution in [0.5, 0.6) is 5.75 Å². The average molecular weight is 1190 g/mol. The molecule has 8 atom stereocenters. The Balaban J connectivity index is 1.17. The number of carbonyl (C=O) groups is 2. The van der Waals surface area contributed by atoms with Gasteiger partial charge in [0.1, 0.15) is 55.6 Å². The van der Waals surface area contributed by atoms with E-state index in [2.05, 4.69) is 39.3 Å². The number of aromatic nitrogens is 2. The minimum atomic E-state index is -4.90. The average Bonchev–Trinajstić information content (AvgIpc) is 3.83. The first kappa shape index (κ1) is 60.5. The summed E-state index contributed by atoms with van der Waals surface area (Å²) in [6, 6.07) is 33.0. The number of hydrogen-bond acceptors (Lipinski definition) is 14. The van der Waals surface area contributed by atoms with E-state index in [0.717, 1.165) is 49.4 Å². The van der Waals surface area contributed by atoms with Crippen molar-refractivity contribution < 1.29 is 56.5 Å². The number of nitrogens with zero attached hydrogens (tertiary/aromatic N) is 4. The summed E-state index contributed by atoms with van der Waals surface area (Å²) >= 11 is 6.66. The van der Waals surface area contributed by atoms with Gasteiger partial charge in [0.15, 0.2) is 0 Å². The van der Waals surface area contributed by atoms with E-state index in [1.807, 2.05) is 92.7 Å². The highest BCUT2D eigenvalue weighted by Gasteiger charge is 2.55. The second-order valence-corrected chi connectivity index (χ2v) is 37.6. The van der Waals surface area contributed by atoms with Crippen LogP contribution >= 0.6 is 19.4 Å². The Morgan fingerprint density at radius 1 is 0.753 bits per heavy atom. The molecule has 5 aromatic rings. The molecule has 18 nitrogen and oxygen atoms in total. The highest BCUT2D eigenvalue weighted by atomic mass is 35.5. The zero-order valence-electron chi connectivity index (χ0n) is 47.7. The van der Waals surface area contributed by atoms with Crippen LogP contribution in [0.2, 0.25) is 56.4 Å². The first-order valence-electron chi connectivity index (χ1n) is 27.7. The van der Waals surface area contributed by atoms with Gasteiger partial charge in [-0.3, -0.25) is 28.1 Å². The van der Waals surface area contributed by atoms with Gasteiger partial charge in [-0.2, -0.15) is 0 Å². The number of benzene rings is 4. The van der Waals surface area contributed by atoms with Gasteiger partial charge in [0.05, 0.1) is 29.8 Å². The van der Waals surface area contributed by atoms with Gasteiger partial charge >= 0.3 is 19.5 Å². The maximum Gasteiger partial charge on any atom is 0.530 e. The van der Waals surface area contributed by atoms with Crippen molar-refractivity contribution in [2.24, 2.45) is 5.41 Å². The number of para-hydroxylation sites is 1. The predicted octanol–water partition coefficient (Wildman–Crippen LogP) is 10.1. The summed E-state index contributed by atoms with van der Waals surface area (Å²) in [6.07, 6.45) is -6.43. The molecule has 436 valence electrons. The van der Waals surface area contributed by atoms with Crippen LogP contribution < -0.4 is 15.8 Å². The molecule has 1 N–H and O–H groups in total. The van der Waals surface area contributed by atoms with Crippen molar-refractivity contribution in [1.29, 1.82) is 0 Å². The van der Waals surface area contributed by atoms with E-state index in [4.69, 9.17) is 48.9 Å². The molecular weight excluding hydrogens is 1110 g/mol. The molecule has 3 saturated heterocycles. The van der Waals surface area contributed by atoms with E-state index in [0.29, 0.717) is 6.61 Å². The van der Waals surface area contributed by atoms with E-state index >= 15 is 14.2 Å². The number of hydrogen-bond donors (Lipinski definition) is 1. The van der Waals surface area contributed by atoms with Crippen LogP contribution in [0.4, 0.5) is 4.79 Å². The number of aliphatic hydroxyl groups is 1. The number of fused-ring (bicyclic) bond motifs is 10. The Hall–Kier alpha value is -5.07. The van der Waals surface area contributed by atoms with Crippen LogP contribution in [0, 0.1) is 19.3 Å². The molecule has 9 rings (SSSR count). The summed E-state index contributed by atoms with van der Waals surface area (Å²) in [7, 11) is -8.12. The number of phosphoric ester groups is 1. The summed E-state index contributed by atoms with van der Waals surface area (Å²) in [5, 5.41) is 11.8. The molecule has 1 aromatic heterocycles. The van der Waals surface area contributed by atoms with Crippen LogP contribution in [0.3, 0.4) is 0 Å². The first-order valence-corrected chi connectivity index (χ1v) is 36.9. The molecule has 0 saturated carbocycles. The number of aliphatic hydroxyl groups excluding tert-OH is 1. The third kappa shape index (κ3) is 13.8. The molecular formula is C59H76ClN4O14PSi2. The van der Waals surface area contributed by atoms with Crippen molar-refractivity contribution in [3.05, 3.63) is 169 Å². The second kappa shape index (κ2) is 24.6. The molecule has 8 bridgehead atoms. The van der Waals surface area contributed by atoms with Crippen LogP contribution in [0.1, 0.15) is 59.4 Å². The number of ether oxygens (including phenoxy) is 5. The molecule has 0 spiro atoms. The van der Waals surface area contributed by atoms with E-state index in [1.54, 1.807) is 25.1 Å². The standard InChI is InChI=1S/C59H76ClN4O14PSi2/c1-40-19-23-44(24-20-40)59(43-15-11-10-12-16-43,45-25-21-41(2)22-26-45)73-35-51-49-32-53(76-51)62-37-58(3,55(67)64(57(62)69)39-72-28-30-81(7,8)9)33-42-34-61(56(68)63(54(42)66)38-71-27-29-80(4,5)6)52-31-47(65)50(75-52)36-74-79(70,78-49)77-48-18-14-13-17-46(48)60/h10-26,34,47,49-53,65H,27-33,35-39H2,1-9H3/t47-,49-,50+,51+,52+,53+,58-,79?/m0/s1. The Bertz CT molecular complexity index is 3160. The lowest BCUT2D eigenvalue weighted by Gasteiger charge is -2.45. The zero-order chi connectivity index (χ0) is 58.1. The smallest absolute Gasteiger partial charge is 0.402 e. The maximum atomic E-state index is 15.7. The van der Waals surface area contributed by atoms with Crippen LogP contribution in [-0.4, -0.2) is 122 Å². The molecule has 0 aliphatic carbocycles. The highest BCUT2D eigenvalue weighted by Crippen LogP contribution is 2.55. The Morgan fingerprint density at radius 3 is 1.96 bits per heavy atom. The number of carbonyl (C=O) groups excluding carboxylic acids is 2. The lowest BCUT2D eigenvalue weighted by atomic mass is 9.79. The topological polar surface area (TPSA) is 196 Å². The lowest BCUT2D eigenvalue weighted by molar-refractivity contribution is -0.156. The highest BCUT2D eigenvalue weighted by molar-refractivity contribution is 7.49. The molecule has 4 aliphatic rings. The van der Waals surface area contributed by atoms with Crippen molar-refractivity contribution in [2.75, 3.05) is 39.7 Å². The minimum Gasteiger partial charge on any atom is -0.402 e. The fourth-order valence-electron chi connectivity index (χ4n) is 10.6. The van der Waals surface area contributed by atoms with E-state index in [-0.39, 0.29) is 55.4 Å². The van der Waals surface area contributed by atoms with Crippen molar-refractivity contribution in [3.8, 4) is 5.75 Å². The Kier molecular flexibility index (Phi) is 18.4. The second-order valence-electron chi connectivity index (χ2n) is 24.5. The van der Waals surface area contributed by atoms with Crippen LogP contribution in [0.25, 0.3) is 0 Å². The fourth-order valence-corrected chi connectivity index (χ4v) is 13.8. The van der Waals surface area contributed by atoms with Crippen molar-refractivity contribution in [2.45, 2.75) is 141 Å². The molecule has 81 heavy (non-hydrogen) atoms. The summed E-state index contributed by atoms with van der Waals surface area (Å²) in [5.41, 5.74) is 0.216. The normalized spacial score (nSPS) is 25.5. The molecule has 22 heteroatoms. The number of phosphoric acid groups is 1. The van der Waals surface area contributed by atoms with Gasteiger partial charge in [0.2, 0.25) is 5.91 Å². The number of halogens is 1. The molecule has 1 unspecified atom stereocenters. The number of urea groups is 1. The molecule has 3 amide bonds. The third-order valence-corrected chi connectivity index (χ3v) is 20.5. The number of aryl methyl sites for hydroxylation is 2. The van der Waals surface area contributed by atoms with E-state index in [1.165, 1.54) is 21.7 Å². The van der Waals surface area contributed by atoms with Gasteiger partial charge in [-0.1, -0.05) is 153 Å². The summed E-state index contributed by atoms with van der Waals surface area (Å²) in [4.78, 5) is 62.1. The van der Waals surface area contributed by atoms with Gasteiger partial charge in [-0.05, 0) is 68.1 Å². The molecule has 4 aromatic carbocycles. The largest absolute Gasteiger partial charge is 0.530 e. The van der Waals surface area contributed by atoms with Crippen molar-refractivity contribution >= 4 is 47.5 Å². The van der Waals surface area contributed by atoms with Gasteiger partial charge < -0.3 is 33.3 Å². The summed E-state index contributed by atoms with van der Waals surface area (Å²) in [5.74, 6) is -0.652. The SMILES string of the molecule is Cc1ccc(C(OC[C@H]2O[C@@H]3C[C@@H]2OP(=O)(Oc2ccccc2Cl)OC[C@H]2O[C@H](C[C@@H]2O)n2cc(c(=O)n(COCC[Si](C)(C)C)c2=O)C[C@@]2(C)CN3C(=O)N(COCC[Si](C)(C)C)C2=O)(c2ccccc2)c2ccc(C)cc2)cc1. The number of imide groups is 1. The van der Waals surface area contributed by atoms with Gasteiger partial charge in [0, 0.05) is 60.5 Å². The number of amides is 3. The van der Waals surface area contributed by atoms with Gasteiger partial charge in [-0.25, -0.2) is 23.6 Å². The third-order valence-electron chi connectivity index (χ3n) is 15.3. The van der Waals surface area contributed by atoms with Crippen LogP contribution in [-0.2, 0) is 60.8 Å². The molecule has 0 radical (unpaired) electrons. The van der Waals surface area contributed by atoms with Crippen molar-refractivity contribution in [1.82, 2.24) is 18.9 Å². The number of rotatable bonds is 18. The Labute approximate surface area is 480 Å². The van der Waals surface area contributed by atoms with E-state index < -0.39 is 115 Å². The summed E-state index contributed by atoms with van der Waals surface area (Å²) in [6.45, 7) is 17.5. The monoisotopic (exact) mass is 1190 g/mol. The van der Waals surface area contributed by atoms with Crippen LogP contribution in [0.15, 0.2) is 119 Å². The summed E-state index contributed by atoms with van der Waals surface area (Å²) < 4.78 is 69.8. The first-order chi connectivity index (χ1) is 38.3. The van der Waals surface area contributed by atoms with E-state index in [9.17, 15) is 14.7 Å². The minimum absolute atomic E-state index is 0.0390. The maximum absolute atomic E-state index is 15.7. The lowest BCUT2D eigenvalue weighted by Crippen LogP contribution is -2.64. The van der Waals surface area contributed by atoms with Gasteiger partial charge in [-0.15, -0.1) is 0 Å².